The molecule has 0 unspecified atom stereocenters. The Morgan fingerprint density at radius 2 is 1.85 bits per heavy atom. The number of halogens is 1. The van der Waals surface area contributed by atoms with Gasteiger partial charge in [0.1, 0.15) is 5.82 Å². The van der Waals surface area contributed by atoms with E-state index >= 15 is 0 Å². The Kier molecular flexibility index (Phi) is 4.48. The van der Waals surface area contributed by atoms with E-state index in [1.807, 2.05) is 24.3 Å². The fraction of sp³-hybridized carbons (Fsp3) is 0.188. The lowest BCUT2D eigenvalue weighted by molar-refractivity contribution is 0.0780. The zero-order chi connectivity index (χ0) is 14.5. The van der Waals surface area contributed by atoms with Crippen LogP contribution in [0.3, 0.4) is 0 Å². The summed E-state index contributed by atoms with van der Waals surface area (Å²) in [5, 5.41) is 0. The van der Waals surface area contributed by atoms with Crippen molar-refractivity contribution in [3.63, 3.8) is 0 Å². The van der Waals surface area contributed by atoms with Crippen molar-refractivity contribution in [2.24, 2.45) is 5.73 Å². The average Bonchev–Trinajstić information content (AvgIpc) is 2.47. The Balaban J connectivity index is 2.13. The van der Waals surface area contributed by atoms with Crippen molar-refractivity contribution < 1.29 is 9.18 Å². The van der Waals surface area contributed by atoms with Crippen LogP contribution in [0.2, 0.25) is 0 Å². The van der Waals surface area contributed by atoms with E-state index < -0.39 is 5.82 Å². The summed E-state index contributed by atoms with van der Waals surface area (Å²) < 4.78 is 13.6. The molecule has 0 radical (unpaired) electrons. The van der Waals surface area contributed by atoms with Gasteiger partial charge in [0, 0.05) is 20.1 Å². The smallest absolute Gasteiger partial charge is 0.256 e. The molecule has 0 saturated heterocycles. The molecule has 0 atom stereocenters. The predicted molar refractivity (Wildman–Crippen MR) is 76.5 cm³/mol. The standard InChI is InChI=1S/C16H17FN2O/c1-19(11-13-6-4-5-12(9-13)10-18)16(20)14-7-2-3-8-15(14)17/h2-9H,10-11,18H2,1H3. The van der Waals surface area contributed by atoms with Gasteiger partial charge in [0.05, 0.1) is 5.56 Å². The minimum Gasteiger partial charge on any atom is -0.337 e. The van der Waals surface area contributed by atoms with Crippen molar-refractivity contribution >= 4 is 5.91 Å². The third-order valence-corrected chi connectivity index (χ3v) is 3.10. The first-order chi connectivity index (χ1) is 9.61. The maximum atomic E-state index is 13.6. The van der Waals surface area contributed by atoms with Crippen LogP contribution in [0.5, 0.6) is 0 Å². The molecule has 104 valence electrons. The number of carbonyl (C=O) groups excluding carboxylic acids is 1. The molecular formula is C16H17FN2O. The van der Waals surface area contributed by atoms with Gasteiger partial charge in [0.2, 0.25) is 0 Å². The Hall–Kier alpha value is -2.20. The number of rotatable bonds is 4. The van der Waals surface area contributed by atoms with Crippen molar-refractivity contribution in [2.45, 2.75) is 13.1 Å². The first-order valence-corrected chi connectivity index (χ1v) is 6.39. The van der Waals surface area contributed by atoms with Crippen LogP contribution in [0, 0.1) is 5.82 Å². The van der Waals surface area contributed by atoms with Gasteiger partial charge in [-0.05, 0) is 23.3 Å². The van der Waals surface area contributed by atoms with E-state index in [1.165, 1.54) is 17.0 Å². The second kappa shape index (κ2) is 6.30. The SMILES string of the molecule is CN(Cc1cccc(CN)c1)C(=O)c1ccccc1F. The molecule has 0 aliphatic heterocycles. The molecule has 0 aliphatic carbocycles. The maximum absolute atomic E-state index is 13.6. The van der Waals surface area contributed by atoms with Gasteiger partial charge in [-0.1, -0.05) is 36.4 Å². The number of nitrogens with two attached hydrogens (primary N) is 1. The molecule has 0 heterocycles. The van der Waals surface area contributed by atoms with Crippen LogP contribution >= 0.6 is 0 Å². The fourth-order valence-corrected chi connectivity index (χ4v) is 2.04. The highest BCUT2D eigenvalue weighted by Crippen LogP contribution is 2.12. The van der Waals surface area contributed by atoms with Crippen molar-refractivity contribution in [1.29, 1.82) is 0 Å². The van der Waals surface area contributed by atoms with E-state index in [9.17, 15) is 9.18 Å². The van der Waals surface area contributed by atoms with Crippen LogP contribution in [0.4, 0.5) is 4.39 Å². The summed E-state index contributed by atoms with van der Waals surface area (Å²) in [5.74, 6) is -0.832. The number of benzene rings is 2. The summed E-state index contributed by atoms with van der Waals surface area (Å²) in [5.41, 5.74) is 7.66. The summed E-state index contributed by atoms with van der Waals surface area (Å²) >= 11 is 0. The van der Waals surface area contributed by atoms with Gasteiger partial charge in [-0.25, -0.2) is 4.39 Å². The Bertz CT molecular complexity index is 613. The minimum atomic E-state index is -0.500. The average molecular weight is 272 g/mol. The lowest BCUT2D eigenvalue weighted by Gasteiger charge is -2.18. The monoisotopic (exact) mass is 272 g/mol. The van der Waals surface area contributed by atoms with Crippen molar-refractivity contribution in [1.82, 2.24) is 4.90 Å². The number of hydrogen-bond acceptors (Lipinski definition) is 2. The van der Waals surface area contributed by atoms with E-state index in [2.05, 4.69) is 0 Å². The molecule has 2 aromatic rings. The minimum absolute atomic E-state index is 0.0879. The highest BCUT2D eigenvalue weighted by molar-refractivity contribution is 5.94. The normalized spacial score (nSPS) is 10.3. The second-order valence-electron chi connectivity index (χ2n) is 4.67. The van der Waals surface area contributed by atoms with Gasteiger partial charge in [-0.2, -0.15) is 0 Å². The molecule has 4 heteroatoms. The van der Waals surface area contributed by atoms with Crippen molar-refractivity contribution in [3.05, 3.63) is 71.0 Å². The molecule has 2 rings (SSSR count). The van der Waals surface area contributed by atoms with Gasteiger partial charge < -0.3 is 10.6 Å². The lowest BCUT2D eigenvalue weighted by atomic mass is 10.1. The van der Waals surface area contributed by atoms with Crippen LogP contribution in [-0.2, 0) is 13.1 Å². The van der Waals surface area contributed by atoms with Crippen LogP contribution in [0.1, 0.15) is 21.5 Å². The molecule has 20 heavy (non-hydrogen) atoms. The van der Waals surface area contributed by atoms with Crippen molar-refractivity contribution in [2.75, 3.05) is 7.05 Å². The van der Waals surface area contributed by atoms with Gasteiger partial charge >= 0.3 is 0 Å². The zero-order valence-corrected chi connectivity index (χ0v) is 11.3. The van der Waals surface area contributed by atoms with Crippen molar-refractivity contribution in [3.8, 4) is 0 Å². The maximum Gasteiger partial charge on any atom is 0.256 e. The highest BCUT2D eigenvalue weighted by Gasteiger charge is 2.15. The van der Waals surface area contributed by atoms with E-state index in [0.717, 1.165) is 11.1 Å². The largest absolute Gasteiger partial charge is 0.337 e. The summed E-state index contributed by atoms with van der Waals surface area (Å²) in [7, 11) is 1.66. The summed E-state index contributed by atoms with van der Waals surface area (Å²) in [6.07, 6.45) is 0. The summed E-state index contributed by atoms with van der Waals surface area (Å²) in [6, 6.07) is 13.7. The highest BCUT2D eigenvalue weighted by atomic mass is 19.1. The predicted octanol–water partition coefficient (Wildman–Crippen LogP) is 2.56. The quantitative estimate of drug-likeness (QED) is 0.929. The van der Waals surface area contributed by atoms with Crippen LogP contribution in [0.25, 0.3) is 0 Å². The topological polar surface area (TPSA) is 46.3 Å². The molecule has 1 amide bonds. The molecule has 0 aromatic heterocycles. The van der Waals surface area contributed by atoms with E-state index in [4.69, 9.17) is 5.73 Å². The first kappa shape index (κ1) is 14.2. The molecule has 3 nitrogen and oxygen atoms in total. The number of hydrogen-bond donors (Lipinski definition) is 1. The molecule has 0 bridgehead atoms. The number of carbonyl (C=O) groups is 1. The van der Waals surface area contributed by atoms with Crippen LogP contribution in [0.15, 0.2) is 48.5 Å². The first-order valence-electron chi connectivity index (χ1n) is 6.39. The van der Waals surface area contributed by atoms with E-state index in [-0.39, 0.29) is 11.5 Å². The van der Waals surface area contributed by atoms with Gasteiger partial charge in [0.15, 0.2) is 0 Å². The Morgan fingerprint density at radius 3 is 2.55 bits per heavy atom. The van der Waals surface area contributed by atoms with Gasteiger partial charge in [0.25, 0.3) is 5.91 Å². The fourth-order valence-electron chi connectivity index (χ4n) is 2.04. The third kappa shape index (κ3) is 3.22. The van der Waals surface area contributed by atoms with Gasteiger partial charge in [-0.3, -0.25) is 4.79 Å². The molecule has 0 spiro atoms. The Labute approximate surface area is 117 Å². The number of amides is 1. The zero-order valence-electron chi connectivity index (χ0n) is 11.3. The molecule has 2 N–H and O–H groups in total. The summed E-state index contributed by atoms with van der Waals surface area (Å²) in [4.78, 5) is 13.7. The van der Waals surface area contributed by atoms with E-state index in [0.29, 0.717) is 13.1 Å². The van der Waals surface area contributed by atoms with E-state index in [1.54, 1.807) is 19.2 Å². The second-order valence-corrected chi connectivity index (χ2v) is 4.67. The molecule has 0 aliphatic rings. The van der Waals surface area contributed by atoms with Crippen LogP contribution < -0.4 is 5.73 Å². The molecular weight excluding hydrogens is 255 g/mol. The Morgan fingerprint density at radius 1 is 1.15 bits per heavy atom. The summed E-state index contributed by atoms with van der Waals surface area (Å²) in [6.45, 7) is 0.875. The number of nitrogens with zero attached hydrogens (tertiary/aromatic N) is 1. The molecule has 0 saturated carbocycles. The molecule has 2 aromatic carbocycles. The lowest BCUT2D eigenvalue weighted by Crippen LogP contribution is -2.27. The molecule has 0 fully saturated rings. The van der Waals surface area contributed by atoms with Crippen LogP contribution in [-0.4, -0.2) is 17.9 Å². The van der Waals surface area contributed by atoms with Gasteiger partial charge in [-0.15, -0.1) is 0 Å². The third-order valence-electron chi connectivity index (χ3n) is 3.10.